The summed E-state index contributed by atoms with van der Waals surface area (Å²) < 4.78 is 5.10. The number of thiophene rings is 1. The maximum Gasteiger partial charge on any atom is 0.257 e. The lowest BCUT2D eigenvalue weighted by Gasteiger charge is -2.33. The fourth-order valence-electron chi connectivity index (χ4n) is 3.79. The molecule has 0 fully saturated rings. The molecule has 0 saturated carbocycles. The number of nitrogens with one attached hydrogen (secondary N) is 2. The van der Waals surface area contributed by atoms with Crippen LogP contribution in [0.1, 0.15) is 58.3 Å². The number of thiocarbonyl (C=S) groups is 1. The largest absolute Gasteiger partial charge is 0.495 e. The molecule has 0 spiro atoms. The molecule has 1 atom stereocenters. The summed E-state index contributed by atoms with van der Waals surface area (Å²) >= 11 is 12.9. The molecule has 1 aliphatic rings. The molecule has 166 valence electrons. The molecule has 31 heavy (non-hydrogen) atoms. The minimum Gasteiger partial charge on any atom is -0.495 e. The number of ether oxygens (including phenoxy) is 1. The van der Waals surface area contributed by atoms with Gasteiger partial charge in [0.2, 0.25) is 0 Å². The predicted octanol–water partition coefficient (Wildman–Crippen LogP) is 4.79. The summed E-state index contributed by atoms with van der Waals surface area (Å²) in [5.74, 6) is 0.0866. The number of nitrogens with two attached hydrogens (primary N) is 1. The summed E-state index contributed by atoms with van der Waals surface area (Å²) in [7, 11) is 1.50. The van der Waals surface area contributed by atoms with E-state index in [2.05, 4.69) is 31.4 Å². The summed E-state index contributed by atoms with van der Waals surface area (Å²) in [4.78, 5) is 25.9. The Kier molecular flexibility index (Phi) is 6.93. The molecule has 1 heterocycles. The van der Waals surface area contributed by atoms with Gasteiger partial charge in [-0.2, -0.15) is 0 Å². The van der Waals surface area contributed by atoms with E-state index in [0.29, 0.717) is 32.8 Å². The zero-order chi connectivity index (χ0) is 22.9. The number of benzene rings is 1. The van der Waals surface area contributed by atoms with Crippen LogP contribution in [0.3, 0.4) is 0 Å². The van der Waals surface area contributed by atoms with Gasteiger partial charge >= 0.3 is 0 Å². The highest BCUT2D eigenvalue weighted by atomic mass is 35.5. The third-order valence-corrected chi connectivity index (χ3v) is 7.27. The minimum absolute atomic E-state index is 0.0883. The SMILES string of the molecule is COc1ccc(C(=O)NC(=S)Nc2sc3c(c2C(N)=O)CCC(C(C)(C)C)C3)cc1Cl. The first-order valence-corrected chi connectivity index (χ1v) is 11.5. The van der Waals surface area contributed by atoms with Crippen LogP contribution in [0.5, 0.6) is 5.75 Å². The second-order valence-electron chi connectivity index (χ2n) is 8.64. The van der Waals surface area contributed by atoms with Crippen LogP contribution in [0.15, 0.2) is 18.2 Å². The number of rotatable bonds is 4. The molecule has 9 heteroatoms. The average Bonchev–Trinajstić information content (AvgIpc) is 3.03. The van der Waals surface area contributed by atoms with Crippen LogP contribution >= 0.6 is 35.2 Å². The molecule has 1 aromatic carbocycles. The van der Waals surface area contributed by atoms with Gasteiger partial charge in [0.1, 0.15) is 10.8 Å². The van der Waals surface area contributed by atoms with E-state index in [-0.39, 0.29) is 10.5 Å². The van der Waals surface area contributed by atoms with Crippen molar-refractivity contribution in [1.82, 2.24) is 5.32 Å². The normalized spacial score (nSPS) is 15.7. The Morgan fingerprint density at radius 2 is 2.03 bits per heavy atom. The van der Waals surface area contributed by atoms with Crippen molar-refractivity contribution >= 4 is 57.1 Å². The van der Waals surface area contributed by atoms with E-state index in [1.54, 1.807) is 12.1 Å². The Labute approximate surface area is 196 Å². The number of methoxy groups -OCH3 is 1. The molecule has 2 aromatic rings. The third kappa shape index (κ3) is 5.19. The van der Waals surface area contributed by atoms with E-state index in [1.165, 1.54) is 24.5 Å². The van der Waals surface area contributed by atoms with Gasteiger partial charge in [0, 0.05) is 10.4 Å². The zero-order valence-corrected chi connectivity index (χ0v) is 20.3. The maximum atomic E-state index is 12.5. The molecule has 1 unspecified atom stereocenters. The molecule has 6 nitrogen and oxygen atoms in total. The molecule has 4 N–H and O–H groups in total. The van der Waals surface area contributed by atoms with E-state index >= 15 is 0 Å². The van der Waals surface area contributed by atoms with Crippen molar-refractivity contribution in [1.29, 1.82) is 0 Å². The number of carbonyl (C=O) groups excluding carboxylic acids is 2. The molecule has 1 aliphatic carbocycles. The van der Waals surface area contributed by atoms with Gasteiger partial charge < -0.3 is 15.8 Å². The van der Waals surface area contributed by atoms with Crippen LogP contribution in [-0.4, -0.2) is 24.0 Å². The van der Waals surface area contributed by atoms with Gasteiger partial charge in [-0.15, -0.1) is 11.3 Å². The quantitative estimate of drug-likeness (QED) is 0.548. The molecule has 1 aromatic heterocycles. The number of hydrogen-bond acceptors (Lipinski definition) is 5. The van der Waals surface area contributed by atoms with Gasteiger partial charge in [-0.1, -0.05) is 32.4 Å². The van der Waals surface area contributed by atoms with Gasteiger partial charge in [0.25, 0.3) is 11.8 Å². The maximum absolute atomic E-state index is 12.5. The highest BCUT2D eigenvalue weighted by Gasteiger charge is 2.33. The molecule has 3 rings (SSSR count). The predicted molar refractivity (Wildman–Crippen MR) is 129 cm³/mol. The summed E-state index contributed by atoms with van der Waals surface area (Å²) in [6.45, 7) is 6.71. The van der Waals surface area contributed by atoms with Crippen molar-refractivity contribution in [2.24, 2.45) is 17.1 Å². The fraction of sp³-hybridized carbons (Fsp3) is 0.409. The van der Waals surface area contributed by atoms with Gasteiger partial charge in [-0.3, -0.25) is 14.9 Å². The molecule has 0 bridgehead atoms. The van der Waals surface area contributed by atoms with E-state index in [9.17, 15) is 9.59 Å². The minimum atomic E-state index is -0.495. The third-order valence-electron chi connectivity index (χ3n) is 5.60. The van der Waals surface area contributed by atoms with E-state index in [0.717, 1.165) is 29.7 Å². The average molecular weight is 480 g/mol. The number of primary amides is 1. The van der Waals surface area contributed by atoms with Crippen LogP contribution in [-0.2, 0) is 12.8 Å². The molecule has 0 saturated heterocycles. The zero-order valence-electron chi connectivity index (χ0n) is 17.9. The number of amides is 2. The van der Waals surface area contributed by atoms with Crippen molar-refractivity contribution in [3.05, 3.63) is 44.8 Å². The van der Waals surface area contributed by atoms with Crippen molar-refractivity contribution < 1.29 is 14.3 Å². The van der Waals surface area contributed by atoms with Crippen LogP contribution in [0, 0.1) is 11.3 Å². The Morgan fingerprint density at radius 1 is 1.32 bits per heavy atom. The first-order valence-electron chi connectivity index (χ1n) is 9.91. The topological polar surface area (TPSA) is 93.4 Å². The second-order valence-corrected chi connectivity index (χ2v) is 10.6. The number of hydrogen-bond donors (Lipinski definition) is 3. The van der Waals surface area contributed by atoms with E-state index in [1.807, 2.05) is 0 Å². The standard InChI is InChI=1S/C22H26ClN3O3S2/c1-22(2,3)12-6-7-13-16(10-12)31-20(17(13)18(24)27)26-21(30)25-19(28)11-5-8-15(29-4)14(23)9-11/h5,8-9,12H,6-7,10H2,1-4H3,(H2,24,27)(H2,25,26,28,30). The highest BCUT2D eigenvalue weighted by molar-refractivity contribution is 7.80. The van der Waals surface area contributed by atoms with Crippen molar-refractivity contribution in [2.75, 3.05) is 12.4 Å². The Balaban J connectivity index is 1.77. The summed E-state index contributed by atoms with van der Waals surface area (Å²) in [6.07, 6.45) is 2.71. The number of fused-ring (bicyclic) bond motifs is 1. The van der Waals surface area contributed by atoms with E-state index < -0.39 is 11.8 Å². The monoisotopic (exact) mass is 479 g/mol. The van der Waals surface area contributed by atoms with Gasteiger partial charge in [0.05, 0.1) is 17.7 Å². The van der Waals surface area contributed by atoms with Gasteiger partial charge in [0.15, 0.2) is 5.11 Å². The Bertz CT molecular complexity index is 1040. The number of anilines is 1. The lowest BCUT2D eigenvalue weighted by molar-refractivity contribution is 0.0975. The second kappa shape index (κ2) is 9.14. The van der Waals surface area contributed by atoms with Gasteiger partial charge in [-0.05, 0) is 66.6 Å². The summed E-state index contributed by atoms with van der Waals surface area (Å²) in [5.41, 5.74) is 7.67. The molecule has 0 radical (unpaired) electrons. The Hall–Kier alpha value is -2.16. The van der Waals surface area contributed by atoms with Crippen LogP contribution < -0.4 is 21.1 Å². The molecule has 0 aliphatic heterocycles. The van der Waals surface area contributed by atoms with Crippen molar-refractivity contribution in [3.8, 4) is 5.75 Å². The van der Waals surface area contributed by atoms with Gasteiger partial charge in [-0.25, -0.2) is 0 Å². The van der Waals surface area contributed by atoms with Crippen molar-refractivity contribution in [2.45, 2.75) is 40.0 Å². The molecular formula is C22H26ClN3O3S2. The van der Waals surface area contributed by atoms with Crippen LogP contribution in [0.4, 0.5) is 5.00 Å². The first kappa shape index (κ1) is 23.5. The Morgan fingerprint density at radius 3 is 2.61 bits per heavy atom. The molecular weight excluding hydrogens is 454 g/mol. The van der Waals surface area contributed by atoms with Crippen LogP contribution in [0.25, 0.3) is 0 Å². The lowest BCUT2D eigenvalue weighted by Crippen LogP contribution is -2.34. The van der Waals surface area contributed by atoms with Crippen molar-refractivity contribution in [3.63, 3.8) is 0 Å². The molecule has 2 amide bonds. The summed E-state index contributed by atoms with van der Waals surface area (Å²) in [6, 6.07) is 4.70. The fourth-order valence-corrected chi connectivity index (χ4v) is 5.65. The first-order chi connectivity index (χ1) is 14.5. The highest BCUT2D eigenvalue weighted by Crippen LogP contribution is 2.44. The number of halogens is 1. The lowest BCUT2D eigenvalue weighted by atomic mass is 9.72. The smallest absolute Gasteiger partial charge is 0.257 e. The number of carbonyl (C=O) groups is 2. The summed E-state index contributed by atoms with van der Waals surface area (Å²) in [5, 5.41) is 6.61. The van der Waals surface area contributed by atoms with Crippen LogP contribution in [0.2, 0.25) is 5.02 Å². The van der Waals surface area contributed by atoms with E-state index in [4.69, 9.17) is 34.3 Å².